The van der Waals surface area contributed by atoms with Crippen LogP contribution in [0.2, 0.25) is 0 Å². The van der Waals surface area contributed by atoms with Gasteiger partial charge < -0.3 is 5.11 Å². The molecule has 1 aliphatic rings. The Hall–Kier alpha value is 0.250. The molecule has 0 amide bonds. The van der Waals surface area contributed by atoms with Crippen LogP contribution in [0.4, 0.5) is 0 Å². The topological polar surface area (TPSA) is 20.2 Å². The monoisotopic (exact) mass is 190 g/mol. The SMILES string of the molecule is CC(CCO)C1CCC(Cl)CC1. The lowest BCUT2D eigenvalue weighted by atomic mass is 9.79. The molecule has 12 heavy (non-hydrogen) atoms. The maximum atomic E-state index is 8.79. The predicted octanol–water partition coefficient (Wildman–Crippen LogP) is 2.80. The molecule has 1 rings (SSSR count). The Labute approximate surface area is 80.1 Å². The van der Waals surface area contributed by atoms with Crippen molar-refractivity contribution in [3.05, 3.63) is 0 Å². The van der Waals surface area contributed by atoms with E-state index in [1.165, 1.54) is 25.7 Å². The summed E-state index contributed by atoms with van der Waals surface area (Å²) in [5.74, 6) is 1.49. The summed E-state index contributed by atoms with van der Waals surface area (Å²) in [7, 11) is 0. The molecule has 0 saturated heterocycles. The lowest BCUT2D eigenvalue weighted by Crippen LogP contribution is -2.20. The van der Waals surface area contributed by atoms with Crippen LogP contribution in [0.25, 0.3) is 0 Å². The quantitative estimate of drug-likeness (QED) is 0.679. The minimum atomic E-state index is 0.335. The smallest absolute Gasteiger partial charge is 0.0433 e. The van der Waals surface area contributed by atoms with Gasteiger partial charge in [0.15, 0.2) is 0 Å². The maximum Gasteiger partial charge on any atom is 0.0433 e. The number of alkyl halides is 1. The second kappa shape index (κ2) is 5.08. The highest BCUT2D eigenvalue weighted by molar-refractivity contribution is 6.20. The Morgan fingerprint density at radius 2 is 1.92 bits per heavy atom. The molecule has 1 saturated carbocycles. The average molecular weight is 191 g/mol. The van der Waals surface area contributed by atoms with Crippen molar-refractivity contribution in [3.8, 4) is 0 Å². The van der Waals surface area contributed by atoms with Gasteiger partial charge in [-0.2, -0.15) is 0 Å². The first kappa shape index (κ1) is 10.3. The van der Waals surface area contributed by atoms with E-state index in [1.54, 1.807) is 0 Å². The Morgan fingerprint density at radius 3 is 2.42 bits per heavy atom. The molecule has 0 aromatic carbocycles. The summed E-state index contributed by atoms with van der Waals surface area (Å²) < 4.78 is 0. The van der Waals surface area contributed by atoms with E-state index in [4.69, 9.17) is 16.7 Å². The summed E-state index contributed by atoms with van der Waals surface area (Å²) >= 11 is 6.01. The number of halogens is 1. The van der Waals surface area contributed by atoms with Crippen LogP contribution < -0.4 is 0 Å². The van der Waals surface area contributed by atoms with E-state index in [2.05, 4.69) is 6.92 Å². The molecule has 0 radical (unpaired) electrons. The summed E-state index contributed by atoms with van der Waals surface area (Å²) in [4.78, 5) is 0. The van der Waals surface area contributed by atoms with Crippen molar-refractivity contribution in [2.75, 3.05) is 6.61 Å². The number of rotatable bonds is 3. The predicted molar refractivity (Wildman–Crippen MR) is 52.5 cm³/mol. The lowest BCUT2D eigenvalue weighted by molar-refractivity contribution is 0.200. The Bertz CT molecular complexity index is 119. The Balaban J connectivity index is 2.24. The molecule has 1 nitrogen and oxygen atoms in total. The van der Waals surface area contributed by atoms with Gasteiger partial charge in [-0.3, -0.25) is 0 Å². The Morgan fingerprint density at radius 1 is 1.33 bits per heavy atom. The lowest BCUT2D eigenvalue weighted by Gasteiger charge is -2.29. The Kier molecular flexibility index (Phi) is 4.38. The van der Waals surface area contributed by atoms with Gasteiger partial charge in [-0.15, -0.1) is 11.6 Å². The minimum absolute atomic E-state index is 0.335. The van der Waals surface area contributed by atoms with Crippen LogP contribution in [0.3, 0.4) is 0 Å². The van der Waals surface area contributed by atoms with E-state index >= 15 is 0 Å². The molecule has 1 N–H and O–H groups in total. The molecular weight excluding hydrogens is 172 g/mol. The fourth-order valence-electron chi connectivity index (χ4n) is 2.09. The molecule has 1 fully saturated rings. The molecule has 1 unspecified atom stereocenters. The summed E-state index contributed by atoms with van der Waals surface area (Å²) in [6, 6.07) is 0. The van der Waals surface area contributed by atoms with Crippen molar-refractivity contribution >= 4 is 11.6 Å². The van der Waals surface area contributed by atoms with E-state index < -0.39 is 0 Å². The molecule has 0 aromatic rings. The van der Waals surface area contributed by atoms with Gasteiger partial charge in [0.1, 0.15) is 0 Å². The van der Waals surface area contributed by atoms with Crippen molar-refractivity contribution < 1.29 is 5.11 Å². The molecule has 1 aliphatic carbocycles. The van der Waals surface area contributed by atoms with Crippen molar-refractivity contribution in [2.24, 2.45) is 11.8 Å². The fraction of sp³-hybridized carbons (Fsp3) is 1.00. The van der Waals surface area contributed by atoms with E-state index in [1.807, 2.05) is 0 Å². The third kappa shape index (κ3) is 2.95. The highest BCUT2D eigenvalue weighted by Crippen LogP contribution is 2.33. The van der Waals surface area contributed by atoms with Crippen LogP contribution in [-0.2, 0) is 0 Å². The summed E-state index contributed by atoms with van der Waals surface area (Å²) in [6.07, 6.45) is 5.81. The van der Waals surface area contributed by atoms with Gasteiger partial charge in [-0.1, -0.05) is 6.92 Å². The van der Waals surface area contributed by atoms with Gasteiger partial charge in [0.25, 0.3) is 0 Å². The van der Waals surface area contributed by atoms with Crippen molar-refractivity contribution in [2.45, 2.75) is 44.4 Å². The molecule has 2 heteroatoms. The van der Waals surface area contributed by atoms with Gasteiger partial charge >= 0.3 is 0 Å². The first-order valence-corrected chi connectivity index (χ1v) is 5.42. The molecule has 0 bridgehead atoms. The number of hydrogen-bond donors (Lipinski definition) is 1. The third-order valence-electron chi connectivity index (χ3n) is 3.09. The van der Waals surface area contributed by atoms with E-state index in [9.17, 15) is 0 Å². The van der Waals surface area contributed by atoms with Crippen LogP contribution in [-0.4, -0.2) is 17.1 Å². The maximum absolute atomic E-state index is 8.79. The van der Waals surface area contributed by atoms with E-state index in [0.717, 1.165) is 12.3 Å². The van der Waals surface area contributed by atoms with Crippen LogP contribution >= 0.6 is 11.6 Å². The number of hydrogen-bond acceptors (Lipinski definition) is 1. The van der Waals surface area contributed by atoms with Gasteiger partial charge in [0, 0.05) is 12.0 Å². The zero-order valence-corrected chi connectivity index (χ0v) is 8.56. The molecule has 0 aliphatic heterocycles. The molecule has 0 spiro atoms. The second-order valence-corrected chi connectivity index (χ2v) is 4.62. The summed E-state index contributed by atoms with van der Waals surface area (Å²) in [5, 5.41) is 9.21. The second-order valence-electron chi connectivity index (χ2n) is 4.00. The van der Waals surface area contributed by atoms with E-state index in [0.29, 0.717) is 17.9 Å². The minimum Gasteiger partial charge on any atom is -0.396 e. The van der Waals surface area contributed by atoms with Gasteiger partial charge in [-0.05, 0) is 43.9 Å². The highest BCUT2D eigenvalue weighted by atomic mass is 35.5. The van der Waals surface area contributed by atoms with Crippen LogP contribution in [0.5, 0.6) is 0 Å². The highest BCUT2D eigenvalue weighted by Gasteiger charge is 2.23. The largest absolute Gasteiger partial charge is 0.396 e. The molecule has 72 valence electrons. The van der Waals surface area contributed by atoms with Gasteiger partial charge in [0.05, 0.1) is 0 Å². The van der Waals surface area contributed by atoms with Crippen LogP contribution in [0.1, 0.15) is 39.0 Å². The van der Waals surface area contributed by atoms with Crippen LogP contribution in [0.15, 0.2) is 0 Å². The van der Waals surface area contributed by atoms with E-state index in [-0.39, 0.29) is 0 Å². The molecular formula is C10H19ClO. The van der Waals surface area contributed by atoms with Crippen molar-refractivity contribution in [1.29, 1.82) is 0 Å². The zero-order chi connectivity index (χ0) is 8.97. The molecule has 0 heterocycles. The summed E-state index contributed by atoms with van der Waals surface area (Å²) in [5.41, 5.74) is 0. The van der Waals surface area contributed by atoms with Crippen molar-refractivity contribution in [3.63, 3.8) is 0 Å². The van der Waals surface area contributed by atoms with Crippen LogP contribution in [0, 0.1) is 11.8 Å². The zero-order valence-electron chi connectivity index (χ0n) is 7.80. The summed E-state index contributed by atoms with van der Waals surface area (Å²) in [6.45, 7) is 2.58. The number of aliphatic hydroxyl groups is 1. The first-order chi connectivity index (χ1) is 5.74. The third-order valence-corrected chi connectivity index (χ3v) is 3.53. The van der Waals surface area contributed by atoms with Crippen molar-refractivity contribution in [1.82, 2.24) is 0 Å². The average Bonchev–Trinajstić information content (AvgIpc) is 2.06. The molecule has 1 atom stereocenters. The van der Waals surface area contributed by atoms with Gasteiger partial charge in [-0.25, -0.2) is 0 Å². The standard InChI is InChI=1S/C10H19ClO/c1-8(6-7-12)9-2-4-10(11)5-3-9/h8-10,12H,2-7H2,1H3. The molecule has 0 aromatic heterocycles. The first-order valence-electron chi connectivity index (χ1n) is 4.99. The number of aliphatic hydroxyl groups excluding tert-OH is 1. The fourth-order valence-corrected chi connectivity index (χ4v) is 2.34. The van der Waals surface area contributed by atoms with Gasteiger partial charge in [0.2, 0.25) is 0 Å². The normalized spacial score (nSPS) is 33.2.